The minimum atomic E-state index is 0.194. The van der Waals surface area contributed by atoms with Crippen LogP contribution in [-0.4, -0.2) is 5.16 Å². The summed E-state index contributed by atoms with van der Waals surface area (Å²) >= 11 is 0. The Hall–Kier alpha value is 0.430. The van der Waals surface area contributed by atoms with Gasteiger partial charge >= 0.3 is 0 Å². The Balaban J connectivity index is 3.02. The van der Waals surface area contributed by atoms with E-state index in [1.54, 1.807) is 0 Å². The van der Waals surface area contributed by atoms with Crippen molar-refractivity contribution < 1.29 is 0 Å². The Bertz CT molecular complexity index is 19.1. The zero-order chi connectivity index (χ0) is 4.50. The highest BCUT2D eigenvalue weighted by Crippen LogP contribution is 2.12. The average Bonchev–Trinajstić information content (AvgIpc) is 0.722. The molecule has 0 bridgehead atoms. The summed E-state index contributed by atoms with van der Waals surface area (Å²) in [5.74, 6) is 0. The second kappa shape index (κ2) is 1.26. The molecule has 0 saturated carbocycles. The fraction of sp³-hybridized carbons (Fsp3) is 1.00. The van der Waals surface area contributed by atoms with Gasteiger partial charge in [0.25, 0.3) is 0 Å². The predicted molar refractivity (Wildman–Crippen MR) is 26.7 cm³/mol. The Morgan fingerprint density at radius 1 is 1.20 bits per heavy atom. The molecule has 0 N–H and O–H groups in total. The van der Waals surface area contributed by atoms with Crippen molar-refractivity contribution in [2.45, 2.75) is 25.9 Å². The van der Waals surface area contributed by atoms with Crippen molar-refractivity contribution in [3.63, 3.8) is 0 Å². The van der Waals surface area contributed by atoms with Crippen LogP contribution in [0.25, 0.3) is 0 Å². The minimum Gasteiger partial charge on any atom is -1.48 e. The van der Waals surface area contributed by atoms with E-state index < -0.39 is 0 Å². The number of rotatable bonds is 0. The molecular weight excluding hydrogens is 79.0 g/mol. The van der Waals surface area contributed by atoms with E-state index in [0.717, 1.165) is 0 Å². The summed E-state index contributed by atoms with van der Waals surface area (Å²) in [4.78, 5) is 0. The third-order valence-corrected chi connectivity index (χ3v) is 0. The quantitative estimate of drug-likeness (QED) is 0.398. The highest BCUT2D eigenvalue weighted by Gasteiger charge is 1.66. The molecule has 0 radical (unpaired) electrons. The fourth-order valence-corrected chi connectivity index (χ4v) is 0. The lowest BCUT2D eigenvalue weighted by atomic mass is 10.3. The lowest BCUT2D eigenvalue weighted by Crippen LogP contribution is -1.97. The first-order valence-corrected chi connectivity index (χ1v) is 2.17. The molecule has 1 heteroatoms. The molecule has 0 aliphatic rings. The lowest BCUT2D eigenvalue weighted by molar-refractivity contribution is 0.804. The van der Waals surface area contributed by atoms with Crippen LogP contribution in [0, 0.1) is 0 Å². The van der Waals surface area contributed by atoms with E-state index in [0.29, 0.717) is 0 Å². The van der Waals surface area contributed by atoms with Gasteiger partial charge in [-0.25, -0.2) is 0 Å². The molecule has 0 amide bonds. The van der Waals surface area contributed by atoms with Crippen LogP contribution in [0.4, 0.5) is 0 Å². The van der Waals surface area contributed by atoms with Gasteiger partial charge in [0.1, 0.15) is 0 Å². The molecule has 0 spiro atoms. The fourth-order valence-electron chi connectivity index (χ4n) is 0. The summed E-state index contributed by atoms with van der Waals surface area (Å²) in [5, 5.41) is 0.194. The lowest BCUT2D eigenvalue weighted by Gasteiger charge is -2.54. The Morgan fingerprint density at radius 3 is 1.20 bits per heavy atom. The molecule has 0 aromatic carbocycles. The summed E-state index contributed by atoms with van der Waals surface area (Å²) in [6.45, 7) is 6.16. The molecule has 0 aromatic heterocycles. The van der Waals surface area contributed by atoms with Crippen molar-refractivity contribution >= 4 is 9.24 Å². The molecule has 0 fully saturated rings. The normalized spacial score (nSPS) is 12.0. The van der Waals surface area contributed by atoms with Crippen molar-refractivity contribution in [3.8, 4) is 0 Å². The van der Waals surface area contributed by atoms with Crippen LogP contribution < -0.4 is 0 Å². The topological polar surface area (TPSA) is 0 Å². The molecule has 0 unspecified atom stereocenters. The molecule has 0 nitrogen and oxygen atoms in total. The number of hydrogen-bond acceptors (Lipinski definition) is 0. The first kappa shape index (κ1) is 5.43. The maximum Gasteiger partial charge on any atom is -0.112 e. The van der Waals surface area contributed by atoms with Gasteiger partial charge in [-0.15, -0.1) is 20.8 Å². The molecule has 5 heavy (non-hydrogen) atoms. The van der Waals surface area contributed by atoms with E-state index in [-0.39, 0.29) is 5.16 Å². The van der Waals surface area contributed by atoms with Gasteiger partial charge in [0.05, 0.1) is 0 Å². The molecule has 0 rings (SSSR count). The van der Waals surface area contributed by atoms with Crippen LogP contribution in [0.15, 0.2) is 0 Å². The van der Waals surface area contributed by atoms with Crippen molar-refractivity contribution in [2.75, 3.05) is 0 Å². The number of hydrogen-bond donors (Lipinski definition) is 0. The van der Waals surface area contributed by atoms with Gasteiger partial charge in [-0.1, -0.05) is 0 Å². The van der Waals surface area contributed by atoms with Gasteiger partial charge in [-0.05, 0) is 0 Å². The molecule has 32 valence electrons. The van der Waals surface area contributed by atoms with E-state index in [2.05, 4.69) is 30.0 Å². The van der Waals surface area contributed by atoms with Crippen molar-refractivity contribution in [1.82, 2.24) is 0 Å². The standard InChI is InChI=1S/C4H9P/c1-4(2,3)5/h1-3H3/q-2. The van der Waals surface area contributed by atoms with Gasteiger partial charge in [0.15, 0.2) is 0 Å². The summed E-state index contributed by atoms with van der Waals surface area (Å²) in [6.07, 6.45) is 0. The molecule has 0 saturated heterocycles. The zero-order valence-electron chi connectivity index (χ0n) is 3.95. The minimum absolute atomic E-state index is 0.194. The van der Waals surface area contributed by atoms with E-state index in [9.17, 15) is 0 Å². The highest BCUT2D eigenvalue weighted by molar-refractivity contribution is 7.18. The van der Waals surface area contributed by atoms with Gasteiger partial charge in [0, 0.05) is 0 Å². The van der Waals surface area contributed by atoms with E-state index in [4.69, 9.17) is 0 Å². The third-order valence-electron chi connectivity index (χ3n) is 0. The summed E-state index contributed by atoms with van der Waals surface area (Å²) in [6, 6.07) is 0. The van der Waals surface area contributed by atoms with Crippen LogP contribution in [0.5, 0.6) is 0 Å². The van der Waals surface area contributed by atoms with Crippen LogP contribution in [0.1, 0.15) is 20.8 Å². The monoisotopic (exact) mass is 88.0 g/mol. The van der Waals surface area contributed by atoms with E-state index in [1.165, 1.54) is 0 Å². The van der Waals surface area contributed by atoms with Crippen molar-refractivity contribution in [3.05, 3.63) is 0 Å². The Labute approximate surface area is 36.2 Å². The average molecular weight is 88.1 g/mol. The maximum atomic E-state index is 4.12. The molecule has 0 aliphatic carbocycles. The molecule has 0 aliphatic heterocycles. The van der Waals surface area contributed by atoms with Gasteiger partial charge in [-0.2, -0.15) is 0 Å². The zero-order valence-corrected chi connectivity index (χ0v) is 4.84. The third kappa shape index (κ3) is 141. The van der Waals surface area contributed by atoms with Crippen LogP contribution in [0.2, 0.25) is 0 Å². The maximum absolute atomic E-state index is 4.12. The first-order chi connectivity index (χ1) is 2.00. The second-order valence-electron chi connectivity index (χ2n) is 2.17. The first-order valence-electron chi connectivity index (χ1n) is 1.72. The van der Waals surface area contributed by atoms with Gasteiger partial charge in [0.2, 0.25) is 0 Å². The Kier molecular flexibility index (Phi) is 1.37. The molecular formula is C4H9P-2. The van der Waals surface area contributed by atoms with E-state index >= 15 is 0 Å². The van der Waals surface area contributed by atoms with Crippen LogP contribution in [0.3, 0.4) is 0 Å². The van der Waals surface area contributed by atoms with Crippen molar-refractivity contribution in [2.24, 2.45) is 0 Å². The van der Waals surface area contributed by atoms with Crippen LogP contribution >= 0.6 is 9.24 Å². The molecule has 0 heterocycles. The molecule has 0 atom stereocenters. The van der Waals surface area contributed by atoms with Crippen LogP contribution in [-0.2, 0) is 0 Å². The Morgan fingerprint density at radius 2 is 1.20 bits per heavy atom. The SMILES string of the molecule is CC(C)(C)[P-2]. The predicted octanol–water partition coefficient (Wildman–Crippen LogP) is 2.20. The van der Waals surface area contributed by atoms with Gasteiger partial charge in [-0.3, -0.25) is 0 Å². The smallest absolute Gasteiger partial charge is 0.112 e. The van der Waals surface area contributed by atoms with Gasteiger partial charge < -0.3 is 14.4 Å². The van der Waals surface area contributed by atoms with E-state index in [1.807, 2.05) is 0 Å². The van der Waals surface area contributed by atoms with Crippen molar-refractivity contribution in [1.29, 1.82) is 0 Å². The largest absolute Gasteiger partial charge is 1.48 e. The highest BCUT2D eigenvalue weighted by atomic mass is 31.0. The second-order valence-corrected chi connectivity index (χ2v) is 3.51. The summed E-state index contributed by atoms with van der Waals surface area (Å²) in [5.41, 5.74) is 0. The summed E-state index contributed by atoms with van der Waals surface area (Å²) in [7, 11) is 4.12. The molecule has 0 aromatic rings. The summed E-state index contributed by atoms with van der Waals surface area (Å²) < 4.78 is 0.